The third kappa shape index (κ3) is 5.11. The van der Waals surface area contributed by atoms with Crippen LogP contribution in [0.15, 0.2) is 41.6 Å². The molecular weight excluding hydrogens is 414 g/mol. The van der Waals surface area contributed by atoms with Crippen LogP contribution in [-0.4, -0.2) is 44.4 Å². The number of carbonyl (C=O) groups excluding carboxylic acids is 2. The van der Waals surface area contributed by atoms with Gasteiger partial charge in [0.05, 0.1) is 11.4 Å². The number of benzene rings is 2. The van der Waals surface area contributed by atoms with Crippen molar-refractivity contribution in [3.05, 3.63) is 58.7 Å². The Kier molecular flexibility index (Phi) is 6.31. The first kappa shape index (κ1) is 21.0. The van der Waals surface area contributed by atoms with Crippen molar-refractivity contribution in [3.8, 4) is 5.69 Å². The van der Waals surface area contributed by atoms with E-state index >= 15 is 0 Å². The topological polar surface area (TPSA) is 99.0 Å². The van der Waals surface area contributed by atoms with Gasteiger partial charge in [0.1, 0.15) is 0 Å². The molecule has 0 saturated carbocycles. The van der Waals surface area contributed by atoms with Crippen molar-refractivity contribution in [1.82, 2.24) is 20.2 Å². The molecule has 0 unspecified atom stereocenters. The van der Waals surface area contributed by atoms with E-state index in [0.717, 1.165) is 53.5 Å². The Hall–Kier alpha value is -3.20. The standard InChI is InChI=1S/C22H23N5O3S/c1-14-6-7-15(2)19(10-14)27-22(24-25-26-27)31-13-21(29)30-12-20(28)23-18-9-8-16-4-3-5-17(16)11-18/h6-11H,3-5,12-13H2,1-2H3,(H,23,28). The van der Waals surface area contributed by atoms with Crippen molar-refractivity contribution < 1.29 is 14.3 Å². The number of thioether (sulfide) groups is 1. The molecule has 2 aromatic carbocycles. The second-order valence-electron chi connectivity index (χ2n) is 7.50. The van der Waals surface area contributed by atoms with Crippen LogP contribution in [0.25, 0.3) is 5.69 Å². The lowest BCUT2D eigenvalue weighted by Crippen LogP contribution is -2.21. The molecule has 9 heteroatoms. The molecule has 8 nitrogen and oxygen atoms in total. The second kappa shape index (κ2) is 9.30. The molecule has 3 aromatic rings. The van der Waals surface area contributed by atoms with Crippen LogP contribution in [0.3, 0.4) is 0 Å². The fourth-order valence-electron chi connectivity index (χ4n) is 3.53. The molecule has 0 aliphatic heterocycles. The molecule has 1 heterocycles. The Bertz CT molecular complexity index is 1130. The lowest BCUT2D eigenvalue weighted by molar-refractivity contribution is -0.144. The Balaban J connectivity index is 1.28. The van der Waals surface area contributed by atoms with Crippen molar-refractivity contribution in [3.63, 3.8) is 0 Å². The number of hydrogen-bond donors (Lipinski definition) is 1. The molecule has 1 aliphatic carbocycles. The average Bonchev–Trinajstić information content (AvgIpc) is 3.41. The van der Waals surface area contributed by atoms with E-state index in [0.29, 0.717) is 5.16 Å². The van der Waals surface area contributed by atoms with Gasteiger partial charge in [-0.2, -0.15) is 4.68 Å². The number of hydrogen-bond acceptors (Lipinski definition) is 7. The van der Waals surface area contributed by atoms with E-state index in [9.17, 15) is 9.59 Å². The van der Waals surface area contributed by atoms with E-state index in [4.69, 9.17) is 4.74 Å². The molecule has 160 valence electrons. The highest BCUT2D eigenvalue weighted by molar-refractivity contribution is 7.99. The minimum absolute atomic E-state index is 0.00262. The zero-order chi connectivity index (χ0) is 21.8. The van der Waals surface area contributed by atoms with Crippen molar-refractivity contribution >= 4 is 29.3 Å². The van der Waals surface area contributed by atoms with Gasteiger partial charge in [0, 0.05) is 5.69 Å². The molecule has 4 rings (SSSR count). The van der Waals surface area contributed by atoms with E-state index in [2.05, 4.69) is 20.8 Å². The maximum Gasteiger partial charge on any atom is 0.316 e. The molecule has 1 aromatic heterocycles. The number of esters is 1. The number of nitrogens with one attached hydrogen (secondary N) is 1. The molecule has 0 bridgehead atoms. The molecule has 1 amide bonds. The van der Waals surface area contributed by atoms with E-state index < -0.39 is 5.97 Å². The van der Waals surface area contributed by atoms with Crippen LogP contribution >= 0.6 is 11.8 Å². The fourth-order valence-corrected chi connectivity index (χ4v) is 4.21. The maximum absolute atomic E-state index is 12.1. The van der Waals surface area contributed by atoms with E-state index in [1.807, 2.05) is 50.2 Å². The number of tetrazole rings is 1. The number of carbonyl (C=O) groups is 2. The number of fused-ring (bicyclic) bond motifs is 1. The summed E-state index contributed by atoms with van der Waals surface area (Å²) in [5.74, 6) is -0.877. The summed E-state index contributed by atoms with van der Waals surface area (Å²) in [4.78, 5) is 24.2. The minimum Gasteiger partial charge on any atom is -0.455 e. The predicted octanol–water partition coefficient (Wildman–Crippen LogP) is 3.04. The van der Waals surface area contributed by atoms with Crippen LogP contribution in [-0.2, 0) is 27.2 Å². The van der Waals surface area contributed by atoms with Crippen LogP contribution in [0, 0.1) is 13.8 Å². The summed E-state index contributed by atoms with van der Waals surface area (Å²) in [5.41, 5.74) is 6.29. The zero-order valence-electron chi connectivity index (χ0n) is 17.4. The van der Waals surface area contributed by atoms with Crippen molar-refractivity contribution in [2.45, 2.75) is 38.3 Å². The van der Waals surface area contributed by atoms with Crippen LogP contribution < -0.4 is 5.32 Å². The largest absolute Gasteiger partial charge is 0.455 e. The number of ether oxygens (including phenoxy) is 1. The molecular formula is C22H23N5O3S. The van der Waals surface area contributed by atoms with Gasteiger partial charge >= 0.3 is 5.97 Å². The molecule has 0 saturated heterocycles. The third-order valence-electron chi connectivity index (χ3n) is 5.10. The Morgan fingerprint density at radius 2 is 1.97 bits per heavy atom. The van der Waals surface area contributed by atoms with E-state index in [1.54, 1.807) is 4.68 Å². The number of nitrogens with zero attached hydrogens (tertiary/aromatic N) is 4. The number of aryl methyl sites for hydroxylation is 4. The van der Waals surface area contributed by atoms with Gasteiger partial charge < -0.3 is 10.1 Å². The van der Waals surface area contributed by atoms with Crippen molar-refractivity contribution in [2.24, 2.45) is 0 Å². The van der Waals surface area contributed by atoms with Crippen molar-refractivity contribution in [2.75, 3.05) is 17.7 Å². The van der Waals surface area contributed by atoms with Crippen LogP contribution in [0.5, 0.6) is 0 Å². The summed E-state index contributed by atoms with van der Waals surface area (Å²) in [7, 11) is 0. The molecule has 0 spiro atoms. The van der Waals surface area contributed by atoms with E-state index in [1.165, 1.54) is 11.1 Å². The number of aromatic nitrogens is 4. The van der Waals surface area contributed by atoms with E-state index in [-0.39, 0.29) is 18.3 Å². The minimum atomic E-state index is -0.510. The number of rotatable bonds is 7. The van der Waals surface area contributed by atoms with Crippen LogP contribution in [0.2, 0.25) is 0 Å². The Labute approximate surface area is 184 Å². The van der Waals surface area contributed by atoms with Crippen molar-refractivity contribution in [1.29, 1.82) is 0 Å². The van der Waals surface area contributed by atoms with Gasteiger partial charge in [0.2, 0.25) is 5.16 Å². The van der Waals surface area contributed by atoms with Gasteiger partial charge in [-0.05, 0) is 84.0 Å². The van der Waals surface area contributed by atoms with Gasteiger partial charge in [-0.1, -0.05) is 30.0 Å². The lowest BCUT2D eigenvalue weighted by Gasteiger charge is -2.09. The van der Waals surface area contributed by atoms with Crippen LogP contribution in [0.4, 0.5) is 5.69 Å². The van der Waals surface area contributed by atoms with Gasteiger partial charge in [0.15, 0.2) is 6.61 Å². The highest BCUT2D eigenvalue weighted by atomic mass is 32.2. The monoisotopic (exact) mass is 437 g/mol. The second-order valence-corrected chi connectivity index (χ2v) is 8.44. The first-order chi connectivity index (χ1) is 15.0. The Morgan fingerprint density at radius 3 is 2.84 bits per heavy atom. The highest BCUT2D eigenvalue weighted by Gasteiger charge is 2.16. The summed E-state index contributed by atoms with van der Waals surface area (Å²) in [6.45, 7) is 3.63. The molecule has 31 heavy (non-hydrogen) atoms. The molecule has 1 N–H and O–H groups in total. The summed E-state index contributed by atoms with van der Waals surface area (Å²) >= 11 is 1.16. The summed E-state index contributed by atoms with van der Waals surface area (Å²) in [6, 6.07) is 11.9. The normalized spacial score (nSPS) is 12.5. The maximum atomic E-state index is 12.1. The van der Waals surface area contributed by atoms with Gasteiger partial charge in [-0.25, -0.2) is 0 Å². The number of anilines is 1. The van der Waals surface area contributed by atoms with Crippen LogP contribution in [0.1, 0.15) is 28.7 Å². The summed E-state index contributed by atoms with van der Waals surface area (Å²) in [5, 5.41) is 15.0. The fraction of sp³-hybridized carbons (Fsp3) is 0.318. The predicted molar refractivity (Wildman–Crippen MR) is 117 cm³/mol. The van der Waals surface area contributed by atoms with Gasteiger partial charge in [0.25, 0.3) is 5.91 Å². The molecule has 0 atom stereocenters. The quantitative estimate of drug-likeness (QED) is 0.448. The summed E-state index contributed by atoms with van der Waals surface area (Å²) < 4.78 is 6.70. The zero-order valence-corrected chi connectivity index (χ0v) is 18.2. The average molecular weight is 438 g/mol. The lowest BCUT2D eigenvalue weighted by atomic mass is 10.1. The smallest absolute Gasteiger partial charge is 0.316 e. The summed E-state index contributed by atoms with van der Waals surface area (Å²) in [6.07, 6.45) is 3.27. The van der Waals surface area contributed by atoms with Gasteiger partial charge in [-0.15, -0.1) is 5.10 Å². The third-order valence-corrected chi connectivity index (χ3v) is 5.99. The first-order valence-electron chi connectivity index (χ1n) is 10.1. The Morgan fingerprint density at radius 1 is 1.13 bits per heavy atom. The molecule has 0 fully saturated rings. The SMILES string of the molecule is Cc1ccc(C)c(-n2nnnc2SCC(=O)OCC(=O)Nc2ccc3c(c2)CCC3)c1. The molecule has 0 radical (unpaired) electrons. The molecule has 1 aliphatic rings. The first-order valence-corrected chi connectivity index (χ1v) is 11.0. The number of amides is 1. The van der Waals surface area contributed by atoms with Gasteiger partial charge in [-0.3, -0.25) is 9.59 Å². The highest BCUT2D eigenvalue weighted by Crippen LogP contribution is 2.25.